The topological polar surface area (TPSA) is 88.9 Å². The van der Waals surface area contributed by atoms with Crippen LogP contribution < -0.4 is 16.0 Å². The molecule has 1 saturated carbocycles. The highest BCUT2D eigenvalue weighted by Gasteiger charge is 2.44. The van der Waals surface area contributed by atoms with Crippen LogP contribution in [0, 0.1) is 0 Å². The van der Waals surface area contributed by atoms with Gasteiger partial charge in [-0.15, -0.1) is 0 Å². The van der Waals surface area contributed by atoms with Crippen LogP contribution in [0.1, 0.15) is 32.6 Å². The quantitative estimate of drug-likeness (QED) is 0.350. The van der Waals surface area contributed by atoms with Gasteiger partial charge in [0.25, 0.3) is 0 Å². The standard InChI is InChI=1S/C17H26N4O2S/c1-11(22)21-14-7-12(6-13(8-14)20-10-18-2)15-9-19-16(24-15)17(23)4-3-5-17/h7-9,11,13,16,19-23H,2-6,10H2,1H3. The number of nitrogens with one attached hydrogen (secondary N) is 3. The molecule has 1 aliphatic heterocycles. The Morgan fingerprint density at radius 2 is 2.33 bits per heavy atom. The normalized spacial score (nSPS) is 29.5. The third-order valence-electron chi connectivity index (χ3n) is 4.63. The van der Waals surface area contributed by atoms with Crippen molar-refractivity contribution in [1.82, 2.24) is 16.0 Å². The summed E-state index contributed by atoms with van der Waals surface area (Å²) in [6.07, 6.45) is 9.18. The maximum Gasteiger partial charge on any atom is 0.121 e. The van der Waals surface area contributed by atoms with Crippen LogP contribution in [0.15, 0.2) is 39.5 Å². The maximum atomic E-state index is 10.5. The van der Waals surface area contributed by atoms with Crippen molar-refractivity contribution in [3.05, 3.63) is 34.5 Å². The number of hydrogen-bond donors (Lipinski definition) is 5. The van der Waals surface area contributed by atoms with Gasteiger partial charge in [0, 0.05) is 22.8 Å². The minimum absolute atomic E-state index is 0.0301. The molecule has 6 nitrogen and oxygen atoms in total. The van der Waals surface area contributed by atoms with Gasteiger partial charge in [-0.3, -0.25) is 10.3 Å². The third-order valence-corrected chi connectivity index (χ3v) is 6.07. The lowest BCUT2D eigenvalue weighted by molar-refractivity contribution is -0.0377. The number of hydrogen-bond acceptors (Lipinski definition) is 7. The lowest BCUT2D eigenvalue weighted by atomic mass is 9.80. The molecule has 3 atom stereocenters. The molecule has 0 bridgehead atoms. The smallest absolute Gasteiger partial charge is 0.121 e. The monoisotopic (exact) mass is 350 g/mol. The van der Waals surface area contributed by atoms with Crippen molar-refractivity contribution >= 4 is 18.5 Å². The lowest BCUT2D eigenvalue weighted by Crippen LogP contribution is -2.50. The number of rotatable bonds is 7. The van der Waals surface area contributed by atoms with Crippen molar-refractivity contribution in [2.75, 3.05) is 6.67 Å². The molecule has 3 rings (SSSR count). The zero-order valence-electron chi connectivity index (χ0n) is 14.0. The molecule has 24 heavy (non-hydrogen) atoms. The Balaban J connectivity index is 1.70. The molecule has 0 saturated heterocycles. The van der Waals surface area contributed by atoms with Crippen LogP contribution in [0.25, 0.3) is 0 Å². The largest absolute Gasteiger partial charge is 0.387 e. The predicted molar refractivity (Wildman–Crippen MR) is 98.3 cm³/mol. The van der Waals surface area contributed by atoms with Crippen LogP contribution >= 0.6 is 11.8 Å². The molecule has 0 aromatic heterocycles. The first-order chi connectivity index (χ1) is 11.5. The second kappa shape index (κ2) is 7.31. The summed E-state index contributed by atoms with van der Waals surface area (Å²) in [5, 5.41) is 29.9. The van der Waals surface area contributed by atoms with Gasteiger partial charge in [-0.05, 0) is 57.0 Å². The average molecular weight is 350 g/mol. The molecule has 1 heterocycles. The van der Waals surface area contributed by atoms with Gasteiger partial charge in [-0.25, -0.2) is 0 Å². The molecule has 7 heteroatoms. The molecule has 0 amide bonds. The van der Waals surface area contributed by atoms with Gasteiger partial charge < -0.3 is 20.8 Å². The van der Waals surface area contributed by atoms with Gasteiger partial charge in [0.15, 0.2) is 0 Å². The number of aliphatic hydroxyl groups excluding tert-OH is 1. The molecule has 3 unspecified atom stereocenters. The minimum Gasteiger partial charge on any atom is -0.387 e. The first kappa shape index (κ1) is 17.5. The highest BCUT2D eigenvalue weighted by Crippen LogP contribution is 2.46. The molecule has 5 N–H and O–H groups in total. The zero-order chi connectivity index (χ0) is 17.2. The van der Waals surface area contributed by atoms with Crippen LogP contribution in [-0.2, 0) is 0 Å². The van der Waals surface area contributed by atoms with E-state index in [-0.39, 0.29) is 11.4 Å². The van der Waals surface area contributed by atoms with E-state index in [9.17, 15) is 10.2 Å². The fourth-order valence-electron chi connectivity index (χ4n) is 3.20. The SMILES string of the molecule is C=NCNC1C=C(NC(C)O)C=C(C2=CNC(C3(O)CCC3)S2)C1. The van der Waals surface area contributed by atoms with E-state index < -0.39 is 11.8 Å². The number of thioether (sulfide) groups is 1. The van der Waals surface area contributed by atoms with E-state index in [0.29, 0.717) is 6.67 Å². The molecular weight excluding hydrogens is 324 g/mol. The Morgan fingerprint density at radius 3 is 2.96 bits per heavy atom. The average Bonchev–Trinajstić information content (AvgIpc) is 3.00. The van der Waals surface area contributed by atoms with Gasteiger partial charge in [-0.2, -0.15) is 0 Å². The molecule has 132 valence electrons. The van der Waals surface area contributed by atoms with Crippen molar-refractivity contribution in [3.63, 3.8) is 0 Å². The molecule has 0 radical (unpaired) electrons. The molecule has 2 aliphatic carbocycles. The minimum atomic E-state index is -0.614. The first-order valence-electron chi connectivity index (χ1n) is 8.39. The highest BCUT2D eigenvalue weighted by atomic mass is 32.2. The van der Waals surface area contributed by atoms with Crippen LogP contribution in [0.3, 0.4) is 0 Å². The Labute approximate surface area is 147 Å². The van der Waals surface area contributed by atoms with Gasteiger partial charge in [0.2, 0.25) is 0 Å². The van der Waals surface area contributed by atoms with E-state index in [2.05, 4.69) is 39.8 Å². The Bertz CT molecular complexity index is 581. The summed E-state index contributed by atoms with van der Waals surface area (Å²) in [5.41, 5.74) is 1.49. The van der Waals surface area contributed by atoms with E-state index in [1.807, 2.05) is 6.20 Å². The van der Waals surface area contributed by atoms with Crippen LogP contribution in [0.5, 0.6) is 0 Å². The van der Waals surface area contributed by atoms with E-state index in [4.69, 9.17) is 0 Å². The van der Waals surface area contributed by atoms with E-state index in [1.54, 1.807) is 18.7 Å². The molecule has 3 aliphatic rings. The summed E-state index contributed by atoms with van der Waals surface area (Å²) >= 11 is 1.70. The van der Waals surface area contributed by atoms with Crippen molar-refractivity contribution in [1.29, 1.82) is 0 Å². The summed E-state index contributed by atoms with van der Waals surface area (Å²) in [5.74, 6) is 0. The van der Waals surface area contributed by atoms with Crippen molar-refractivity contribution in [2.24, 2.45) is 4.99 Å². The zero-order valence-corrected chi connectivity index (χ0v) is 14.8. The molecular formula is C17H26N4O2S. The Morgan fingerprint density at radius 1 is 1.54 bits per heavy atom. The fraction of sp³-hybridized carbons (Fsp3) is 0.588. The predicted octanol–water partition coefficient (Wildman–Crippen LogP) is 1.16. The van der Waals surface area contributed by atoms with Crippen molar-refractivity contribution in [3.8, 4) is 0 Å². The van der Waals surface area contributed by atoms with Crippen molar-refractivity contribution < 1.29 is 10.2 Å². The second-order valence-electron chi connectivity index (χ2n) is 6.64. The fourth-order valence-corrected chi connectivity index (χ4v) is 4.48. The summed E-state index contributed by atoms with van der Waals surface area (Å²) < 4.78 is 0. The Kier molecular flexibility index (Phi) is 5.34. The number of aliphatic hydroxyl groups is 2. The summed E-state index contributed by atoms with van der Waals surface area (Å²) in [6, 6.07) is 0.129. The van der Waals surface area contributed by atoms with Gasteiger partial charge in [0.05, 0.1) is 12.3 Å². The molecule has 0 aromatic rings. The highest BCUT2D eigenvalue weighted by molar-refractivity contribution is 8.04. The summed E-state index contributed by atoms with van der Waals surface area (Å²) in [7, 11) is 0. The van der Waals surface area contributed by atoms with Crippen LogP contribution in [-0.4, -0.2) is 46.8 Å². The Hall–Kier alpha value is -1.28. The molecule has 0 aromatic carbocycles. The number of aliphatic imine (C=N–C) groups is 1. The van der Waals surface area contributed by atoms with Gasteiger partial charge in [0.1, 0.15) is 11.6 Å². The second-order valence-corrected chi connectivity index (χ2v) is 7.79. The maximum absolute atomic E-state index is 10.5. The number of allylic oxidation sites excluding steroid dienone is 2. The van der Waals surface area contributed by atoms with Crippen LogP contribution in [0.4, 0.5) is 0 Å². The van der Waals surface area contributed by atoms with E-state index >= 15 is 0 Å². The van der Waals surface area contributed by atoms with Gasteiger partial charge >= 0.3 is 0 Å². The molecule has 1 fully saturated rings. The van der Waals surface area contributed by atoms with E-state index in [1.165, 1.54) is 5.57 Å². The van der Waals surface area contributed by atoms with Crippen LogP contribution in [0.2, 0.25) is 0 Å². The third kappa shape index (κ3) is 3.85. The molecule has 0 spiro atoms. The summed E-state index contributed by atoms with van der Waals surface area (Å²) in [6.45, 7) is 5.69. The van der Waals surface area contributed by atoms with Crippen molar-refractivity contribution in [2.45, 2.75) is 55.9 Å². The van der Waals surface area contributed by atoms with Gasteiger partial charge in [-0.1, -0.05) is 11.8 Å². The first-order valence-corrected chi connectivity index (χ1v) is 9.26. The summed E-state index contributed by atoms with van der Waals surface area (Å²) in [4.78, 5) is 5.01. The number of nitrogens with zero attached hydrogens (tertiary/aromatic N) is 1. The van der Waals surface area contributed by atoms with E-state index in [0.717, 1.165) is 36.3 Å². The lowest BCUT2D eigenvalue weighted by Gasteiger charge is -2.41.